The number of hydrogen-bond acceptors (Lipinski definition) is 20. The number of ether oxygens (including phenoxy) is 6. The van der Waals surface area contributed by atoms with Crippen molar-refractivity contribution in [2.75, 3.05) is 13.2 Å². The molecule has 10 rings (SSSR count). The van der Waals surface area contributed by atoms with Crippen LogP contribution in [0.15, 0.2) is 150 Å². The van der Waals surface area contributed by atoms with E-state index in [0.29, 0.717) is 60.4 Å². The van der Waals surface area contributed by atoms with Gasteiger partial charge in [0.15, 0.2) is 0 Å². The van der Waals surface area contributed by atoms with Gasteiger partial charge in [-0.25, -0.2) is 9.98 Å². The van der Waals surface area contributed by atoms with Crippen LogP contribution >= 0.6 is 45.3 Å². The Bertz CT molecular complexity index is 3950. The van der Waals surface area contributed by atoms with Crippen LogP contribution in [0.3, 0.4) is 0 Å². The van der Waals surface area contributed by atoms with Crippen molar-refractivity contribution in [3.63, 3.8) is 0 Å². The second kappa shape index (κ2) is 25.6. The third-order valence-corrected chi connectivity index (χ3v) is 18.1. The van der Waals surface area contributed by atoms with E-state index in [0.717, 1.165) is 34.0 Å². The van der Waals surface area contributed by atoms with E-state index in [1.807, 2.05) is 13.8 Å². The SMILES string of the molecule is CCCOc1cc(N=C(C#N)C#N)sc1C1=Cc2sc3c(c2C1(C(=O)OCc1ccccc1)C(=O)OCc1ccccc1)C(C(=O)OCc1ccccc1)(C(=O)OCc1ccccc1)c1cc(-c2sc(N=C(C#N)C#N)cc2OCCC)sc1-3. The molecule has 0 atom stereocenters. The monoisotopic (exact) mass is 1190 g/mol. The molecule has 0 amide bonds. The molecule has 16 nitrogen and oxygen atoms in total. The van der Waals surface area contributed by atoms with Gasteiger partial charge in [0.1, 0.15) is 72.2 Å². The Morgan fingerprint density at radius 2 is 0.857 bits per heavy atom. The lowest BCUT2D eigenvalue weighted by Gasteiger charge is -2.33. The number of aliphatic imine (C=N–C) groups is 2. The van der Waals surface area contributed by atoms with Gasteiger partial charge in [0.25, 0.3) is 0 Å². The fraction of sp³-hybridized carbons (Fsp3) is 0.188. The number of nitrogens with zero attached hydrogens (tertiary/aromatic N) is 6. The average molecular weight is 1190 g/mol. The maximum Gasteiger partial charge on any atom is 0.333 e. The lowest BCUT2D eigenvalue weighted by molar-refractivity contribution is -0.166. The third kappa shape index (κ3) is 11.0. The zero-order valence-electron chi connectivity index (χ0n) is 44.9. The molecule has 0 N–H and O–H groups in total. The molecule has 0 unspecified atom stereocenters. The first-order valence-electron chi connectivity index (χ1n) is 26.2. The average Bonchev–Trinajstić information content (AvgIpc) is 1.61. The van der Waals surface area contributed by atoms with Crippen molar-refractivity contribution in [3.05, 3.63) is 188 Å². The highest BCUT2D eigenvalue weighted by atomic mass is 32.1. The van der Waals surface area contributed by atoms with Crippen LogP contribution in [-0.2, 0) is 75.4 Å². The molecule has 0 radical (unpaired) electrons. The summed E-state index contributed by atoms with van der Waals surface area (Å²) in [4.78, 5) is 75.9. The van der Waals surface area contributed by atoms with E-state index in [1.54, 1.807) is 164 Å². The maximum atomic E-state index is 16.3. The van der Waals surface area contributed by atoms with Crippen molar-refractivity contribution in [3.8, 4) is 55.3 Å². The summed E-state index contributed by atoms with van der Waals surface area (Å²) >= 11 is 4.36. The van der Waals surface area contributed by atoms with Crippen molar-refractivity contribution in [1.29, 1.82) is 21.0 Å². The minimum Gasteiger partial charge on any atom is -0.492 e. The predicted octanol–water partition coefficient (Wildman–Crippen LogP) is 13.4. The zero-order valence-corrected chi connectivity index (χ0v) is 48.2. The van der Waals surface area contributed by atoms with Crippen LogP contribution in [0.4, 0.5) is 10.0 Å². The number of nitriles is 4. The molecule has 84 heavy (non-hydrogen) atoms. The maximum absolute atomic E-state index is 16.3. The Hall–Kier alpha value is -9.80. The van der Waals surface area contributed by atoms with Crippen LogP contribution in [0.5, 0.6) is 11.5 Å². The van der Waals surface area contributed by atoms with Crippen molar-refractivity contribution >= 4 is 102 Å². The lowest BCUT2D eigenvalue weighted by Crippen LogP contribution is -2.50. The van der Waals surface area contributed by atoms with Crippen LogP contribution in [0.25, 0.3) is 31.2 Å². The molecule has 0 bridgehead atoms. The van der Waals surface area contributed by atoms with Gasteiger partial charge in [0.05, 0.1) is 32.7 Å². The third-order valence-electron chi connectivity index (χ3n) is 13.4. The van der Waals surface area contributed by atoms with E-state index in [4.69, 9.17) is 28.4 Å². The summed E-state index contributed by atoms with van der Waals surface area (Å²) in [5.74, 6) is -3.97. The highest BCUT2D eigenvalue weighted by Gasteiger charge is 2.68. The van der Waals surface area contributed by atoms with Crippen LogP contribution in [0.2, 0.25) is 0 Å². The van der Waals surface area contributed by atoms with E-state index < -0.39 is 40.4 Å². The van der Waals surface area contributed by atoms with Gasteiger partial charge in [-0.3, -0.25) is 19.2 Å². The number of rotatable bonds is 22. The molecule has 2 aliphatic carbocycles. The second-order valence-corrected chi connectivity index (χ2v) is 23.0. The van der Waals surface area contributed by atoms with Crippen molar-refractivity contribution < 1.29 is 47.6 Å². The van der Waals surface area contributed by atoms with Crippen LogP contribution < -0.4 is 9.47 Å². The molecule has 0 fully saturated rings. The van der Waals surface area contributed by atoms with Gasteiger partial charge < -0.3 is 28.4 Å². The topological polar surface area (TPSA) is 244 Å². The molecule has 4 heterocycles. The molecule has 0 saturated heterocycles. The summed E-state index contributed by atoms with van der Waals surface area (Å²) < 4.78 is 38.1. The van der Waals surface area contributed by atoms with Gasteiger partial charge >= 0.3 is 23.9 Å². The molecule has 0 saturated carbocycles. The first-order chi connectivity index (χ1) is 41.0. The summed E-state index contributed by atoms with van der Waals surface area (Å²) in [6.07, 6.45) is 2.76. The molecular weight excluding hydrogens is 1140 g/mol. The van der Waals surface area contributed by atoms with E-state index >= 15 is 19.2 Å². The molecule has 0 spiro atoms. The number of fused-ring (bicyclic) bond motifs is 5. The summed E-state index contributed by atoms with van der Waals surface area (Å²) in [7, 11) is 0. The van der Waals surface area contributed by atoms with Gasteiger partial charge in [-0.15, -0.1) is 45.3 Å². The normalized spacial score (nSPS) is 12.7. The quantitative estimate of drug-likeness (QED) is 0.0265. The zero-order chi connectivity index (χ0) is 58.8. The van der Waals surface area contributed by atoms with Crippen LogP contribution in [-0.4, -0.2) is 48.5 Å². The number of carbonyl (C=O) groups is 4. The fourth-order valence-electron chi connectivity index (χ4n) is 9.68. The summed E-state index contributed by atoms with van der Waals surface area (Å²) in [6.45, 7) is 2.93. The smallest absolute Gasteiger partial charge is 0.333 e. The molecule has 20 heteroatoms. The first-order valence-corrected chi connectivity index (χ1v) is 29.5. The second-order valence-electron chi connectivity index (χ2n) is 18.8. The summed E-state index contributed by atoms with van der Waals surface area (Å²) in [6, 6.07) is 47.3. The highest BCUT2D eigenvalue weighted by Crippen LogP contribution is 2.67. The molecule has 0 aliphatic heterocycles. The van der Waals surface area contributed by atoms with Gasteiger partial charge in [0, 0.05) is 44.2 Å². The van der Waals surface area contributed by atoms with Crippen molar-refractivity contribution in [2.45, 2.75) is 63.9 Å². The van der Waals surface area contributed by atoms with E-state index in [2.05, 4.69) is 9.98 Å². The van der Waals surface area contributed by atoms with Gasteiger partial charge in [-0.1, -0.05) is 135 Å². The molecule has 8 aromatic rings. The number of carbonyl (C=O) groups excluding carboxylic acids is 4. The largest absolute Gasteiger partial charge is 0.492 e. The minimum absolute atomic E-state index is 0.0191. The Labute approximate surface area is 498 Å². The van der Waals surface area contributed by atoms with Crippen LogP contribution in [0.1, 0.15) is 75.4 Å². The highest BCUT2D eigenvalue weighted by molar-refractivity contribution is 7.28. The Kier molecular flexibility index (Phi) is 17.5. The summed E-state index contributed by atoms with van der Waals surface area (Å²) in [5.41, 5.74) is -3.99. The molecule has 2 aliphatic rings. The molecular formula is C64H46N6O10S4. The van der Waals surface area contributed by atoms with E-state index in [9.17, 15) is 21.0 Å². The molecule has 4 aromatic heterocycles. The number of hydrogen-bond donors (Lipinski definition) is 0. The standard InChI is InChI=1S/C64H46N6O10S4/c1-3-25-75-47-29-51(69-43(31-65)32-66)83-55(47)45-27-49-53(63(45,59(71)77-35-39-17-9-5-10-18-39)60(72)78-36-40-19-11-6-12-20-40)54-58(81-49)56-46(28-50(82-56)57-48(76-26-4-2)30-52(84-57)70-44(33-67)34-68)64(54,61(73)79-37-41-21-13-7-14-22-41)62(74)80-38-42-23-15-8-16-24-42/h5-24,27-30H,3-4,25-26,35-38H2,1-2H3. The predicted molar refractivity (Wildman–Crippen MR) is 319 cm³/mol. The first kappa shape index (κ1) is 57.4. The fourth-order valence-corrected chi connectivity index (χ4v) is 14.5. The molecule has 4 aromatic carbocycles. The van der Waals surface area contributed by atoms with Crippen molar-refractivity contribution in [1.82, 2.24) is 0 Å². The Morgan fingerprint density at radius 1 is 0.464 bits per heavy atom. The molecule has 416 valence electrons. The Balaban J connectivity index is 1.29. The number of thiophene rings is 4. The number of benzene rings is 4. The van der Waals surface area contributed by atoms with Gasteiger partial charge in [-0.05, 0) is 47.2 Å². The van der Waals surface area contributed by atoms with Gasteiger partial charge in [-0.2, -0.15) is 21.0 Å². The van der Waals surface area contributed by atoms with Crippen molar-refractivity contribution in [2.24, 2.45) is 9.98 Å². The van der Waals surface area contributed by atoms with Gasteiger partial charge in [0.2, 0.25) is 22.3 Å². The summed E-state index contributed by atoms with van der Waals surface area (Å²) in [5, 5.41) is 39.5. The van der Waals surface area contributed by atoms with Crippen LogP contribution in [0, 0.1) is 45.3 Å². The lowest BCUT2D eigenvalue weighted by atomic mass is 9.69. The Morgan fingerprint density at radius 3 is 1.26 bits per heavy atom. The van der Waals surface area contributed by atoms with E-state index in [-0.39, 0.29) is 93.1 Å². The minimum atomic E-state index is -2.70. The van der Waals surface area contributed by atoms with E-state index in [1.165, 1.54) is 17.4 Å². The number of esters is 4.